The molecule has 1 rings (SSSR count). The molecular weight excluding hydrogens is 242 g/mol. The van der Waals surface area contributed by atoms with E-state index in [1.165, 1.54) is 0 Å². The molecule has 96 valence electrons. The SMILES string of the molecule is COCCN(CCOC)c1cncc(CCl)n1. The lowest BCUT2D eigenvalue weighted by molar-refractivity contribution is 0.190. The number of hydrogen-bond acceptors (Lipinski definition) is 5. The van der Waals surface area contributed by atoms with E-state index in [0.29, 0.717) is 19.1 Å². The summed E-state index contributed by atoms with van der Waals surface area (Å²) < 4.78 is 10.1. The van der Waals surface area contributed by atoms with Gasteiger partial charge in [-0.25, -0.2) is 4.98 Å². The fourth-order valence-electron chi connectivity index (χ4n) is 1.36. The van der Waals surface area contributed by atoms with Crippen LogP contribution in [0.1, 0.15) is 5.69 Å². The van der Waals surface area contributed by atoms with Gasteiger partial charge in [-0.05, 0) is 0 Å². The molecule has 0 spiro atoms. The average Bonchev–Trinajstić information content (AvgIpc) is 2.39. The summed E-state index contributed by atoms with van der Waals surface area (Å²) in [7, 11) is 3.35. The monoisotopic (exact) mass is 259 g/mol. The minimum absolute atomic E-state index is 0.364. The number of rotatable bonds is 8. The van der Waals surface area contributed by atoms with Gasteiger partial charge >= 0.3 is 0 Å². The molecule has 0 fully saturated rings. The van der Waals surface area contributed by atoms with Gasteiger partial charge in [-0.3, -0.25) is 4.98 Å². The van der Waals surface area contributed by atoms with E-state index in [9.17, 15) is 0 Å². The number of alkyl halides is 1. The molecule has 0 radical (unpaired) electrons. The van der Waals surface area contributed by atoms with Crippen molar-refractivity contribution in [1.82, 2.24) is 9.97 Å². The molecule has 5 nitrogen and oxygen atoms in total. The fourth-order valence-corrected chi connectivity index (χ4v) is 1.48. The zero-order valence-electron chi connectivity index (χ0n) is 10.2. The normalized spacial score (nSPS) is 10.5. The lowest BCUT2D eigenvalue weighted by atomic mass is 10.4. The molecule has 0 saturated carbocycles. The maximum absolute atomic E-state index is 5.74. The standard InChI is InChI=1S/C11H18ClN3O2/c1-16-5-3-15(4-6-17-2)11-9-13-8-10(7-12)14-11/h8-9H,3-7H2,1-2H3. The molecule has 17 heavy (non-hydrogen) atoms. The Morgan fingerprint density at radius 3 is 2.35 bits per heavy atom. The topological polar surface area (TPSA) is 47.5 Å². The first-order valence-electron chi connectivity index (χ1n) is 5.41. The van der Waals surface area contributed by atoms with Crippen molar-refractivity contribution in [2.75, 3.05) is 45.4 Å². The van der Waals surface area contributed by atoms with E-state index in [1.54, 1.807) is 26.6 Å². The quantitative estimate of drug-likeness (QED) is 0.659. The second-order valence-electron chi connectivity index (χ2n) is 3.47. The van der Waals surface area contributed by atoms with Crippen LogP contribution in [0.15, 0.2) is 12.4 Å². The number of aromatic nitrogens is 2. The van der Waals surface area contributed by atoms with E-state index >= 15 is 0 Å². The van der Waals surface area contributed by atoms with E-state index < -0.39 is 0 Å². The van der Waals surface area contributed by atoms with Gasteiger partial charge in [-0.15, -0.1) is 11.6 Å². The van der Waals surface area contributed by atoms with E-state index in [2.05, 4.69) is 14.9 Å². The van der Waals surface area contributed by atoms with Crippen molar-refractivity contribution in [3.63, 3.8) is 0 Å². The molecule has 0 atom stereocenters. The highest BCUT2D eigenvalue weighted by Gasteiger charge is 2.08. The molecule has 0 N–H and O–H groups in total. The van der Waals surface area contributed by atoms with Crippen LogP contribution in [-0.4, -0.2) is 50.5 Å². The number of halogens is 1. The third kappa shape index (κ3) is 4.85. The zero-order valence-corrected chi connectivity index (χ0v) is 11.0. The lowest BCUT2D eigenvalue weighted by Gasteiger charge is -2.22. The van der Waals surface area contributed by atoms with Crippen molar-refractivity contribution in [1.29, 1.82) is 0 Å². The number of nitrogens with zero attached hydrogens (tertiary/aromatic N) is 3. The number of ether oxygens (including phenoxy) is 2. The fraction of sp³-hybridized carbons (Fsp3) is 0.636. The van der Waals surface area contributed by atoms with Crippen LogP contribution in [0, 0.1) is 0 Å². The lowest BCUT2D eigenvalue weighted by Crippen LogP contribution is -2.31. The average molecular weight is 260 g/mol. The van der Waals surface area contributed by atoms with E-state index in [0.717, 1.165) is 24.6 Å². The number of hydrogen-bond donors (Lipinski definition) is 0. The molecule has 0 bridgehead atoms. The van der Waals surface area contributed by atoms with Crippen molar-refractivity contribution in [3.05, 3.63) is 18.1 Å². The van der Waals surface area contributed by atoms with Gasteiger partial charge in [0.05, 0.1) is 31.0 Å². The molecule has 6 heteroatoms. The summed E-state index contributed by atoms with van der Waals surface area (Å²) in [5.74, 6) is 1.17. The van der Waals surface area contributed by atoms with E-state index in [4.69, 9.17) is 21.1 Å². The van der Waals surface area contributed by atoms with Crippen LogP contribution in [0.25, 0.3) is 0 Å². The van der Waals surface area contributed by atoms with E-state index in [-0.39, 0.29) is 0 Å². The smallest absolute Gasteiger partial charge is 0.147 e. The zero-order chi connectivity index (χ0) is 12.5. The Bertz CT molecular complexity index is 317. The molecule has 1 aromatic rings. The number of methoxy groups -OCH3 is 2. The van der Waals surface area contributed by atoms with Crippen LogP contribution >= 0.6 is 11.6 Å². The number of anilines is 1. The van der Waals surface area contributed by atoms with Gasteiger partial charge in [-0.2, -0.15) is 0 Å². The molecule has 0 unspecified atom stereocenters. The summed E-state index contributed by atoms with van der Waals surface area (Å²) in [5, 5.41) is 0. The largest absolute Gasteiger partial charge is 0.383 e. The Morgan fingerprint density at radius 1 is 1.18 bits per heavy atom. The summed E-state index contributed by atoms with van der Waals surface area (Å²) in [6.07, 6.45) is 3.39. The van der Waals surface area contributed by atoms with E-state index in [1.807, 2.05) is 0 Å². The molecular formula is C11H18ClN3O2. The molecule has 0 aromatic carbocycles. The summed E-state index contributed by atoms with van der Waals surface area (Å²) in [6.45, 7) is 2.77. The predicted molar refractivity (Wildman–Crippen MR) is 67.6 cm³/mol. The van der Waals surface area contributed by atoms with Gasteiger partial charge in [0, 0.05) is 33.5 Å². The first-order chi connectivity index (χ1) is 8.31. The summed E-state index contributed by atoms with van der Waals surface area (Å²) >= 11 is 5.74. The molecule has 1 aromatic heterocycles. The Balaban J connectivity index is 2.71. The van der Waals surface area contributed by atoms with Gasteiger partial charge in [0.2, 0.25) is 0 Å². The Morgan fingerprint density at radius 2 is 1.82 bits per heavy atom. The van der Waals surface area contributed by atoms with Crippen molar-refractivity contribution in [3.8, 4) is 0 Å². The van der Waals surface area contributed by atoms with Crippen LogP contribution < -0.4 is 4.90 Å². The van der Waals surface area contributed by atoms with Gasteiger partial charge in [0.25, 0.3) is 0 Å². The minimum Gasteiger partial charge on any atom is -0.383 e. The van der Waals surface area contributed by atoms with Crippen LogP contribution in [0.5, 0.6) is 0 Å². The Kier molecular flexibility index (Phi) is 6.84. The van der Waals surface area contributed by atoms with Crippen molar-refractivity contribution < 1.29 is 9.47 Å². The van der Waals surface area contributed by atoms with Crippen LogP contribution in [0.2, 0.25) is 0 Å². The highest BCUT2D eigenvalue weighted by atomic mass is 35.5. The predicted octanol–water partition coefficient (Wildman–Crippen LogP) is 1.31. The molecule has 0 aliphatic heterocycles. The highest BCUT2D eigenvalue weighted by molar-refractivity contribution is 6.16. The molecule has 1 heterocycles. The van der Waals surface area contributed by atoms with Gasteiger partial charge in [0.1, 0.15) is 5.82 Å². The first kappa shape index (κ1) is 14.2. The van der Waals surface area contributed by atoms with Crippen molar-refractivity contribution in [2.45, 2.75) is 5.88 Å². The maximum Gasteiger partial charge on any atom is 0.147 e. The summed E-state index contributed by atoms with van der Waals surface area (Å²) in [4.78, 5) is 10.6. The van der Waals surface area contributed by atoms with Crippen molar-refractivity contribution >= 4 is 17.4 Å². The van der Waals surface area contributed by atoms with Crippen LogP contribution in [-0.2, 0) is 15.4 Å². The minimum atomic E-state index is 0.364. The Hall–Kier alpha value is -0.910. The van der Waals surface area contributed by atoms with Gasteiger partial charge in [0.15, 0.2) is 0 Å². The summed E-state index contributed by atoms with van der Waals surface area (Å²) in [6, 6.07) is 0. The second kappa shape index (κ2) is 8.22. The molecule has 0 saturated heterocycles. The highest BCUT2D eigenvalue weighted by Crippen LogP contribution is 2.10. The third-order valence-corrected chi connectivity index (χ3v) is 2.54. The molecule has 0 amide bonds. The third-order valence-electron chi connectivity index (χ3n) is 2.26. The van der Waals surface area contributed by atoms with Crippen LogP contribution in [0.3, 0.4) is 0 Å². The van der Waals surface area contributed by atoms with Gasteiger partial charge < -0.3 is 14.4 Å². The van der Waals surface area contributed by atoms with Crippen molar-refractivity contribution in [2.24, 2.45) is 0 Å². The van der Waals surface area contributed by atoms with Crippen LogP contribution in [0.4, 0.5) is 5.82 Å². The Labute approximate surface area is 107 Å². The summed E-state index contributed by atoms with van der Waals surface area (Å²) in [5.41, 5.74) is 0.768. The second-order valence-corrected chi connectivity index (χ2v) is 3.74. The van der Waals surface area contributed by atoms with Gasteiger partial charge in [-0.1, -0.05) is 0 Å². The molecule has 0 aliphatic carbocycles. The molecule has 0 aliphatic rings. The first-order valence-corrected chi connectivity index (χ1v) is 5.95. The maximum atomic E-state index is 5.74.